The van der Waals surface area contributed by atoms with Crippen LogP contribution < -0.4 is 4.72 Å². The zero-order valence-electron chi connectivity index (χ0n) is 6.73. The van der Waals surface area contributed by atoms with Crippen molar-refractivity contribution in [2.75, 3.05) is 0 Å². The predicted molar refractivity (Wildman–Crippen MR) is 47.9 cm³/mol. The topological polar surface area (TPSA) is 63.2 Å². The van der Waals surface area contributed by atoms with Gasteiger partial charge in [-0.15, -0.1) is 0 Å². The fourth-order valence-electron chi connectivity index (χ4n) is 0.804. The number of rotatable bonds is 4. The first kappa shape index (κ1) is 9.88. The Hall–Kier alpha value is -1.20. The molecule has 0 spiro atoms. The molecule has 0 aliphatic heterocycles. The van der Waals surface area contributed by atoms with Gasteiger partial charge in [-0.05, 0) is 5.56 Å². The van der Waals surface area contributed by atoms with Crippen LogP contribution in [0.4, 0.5) is 0 Å². The summed E-state index contributed by atoms with van der Waals surface area (Å²) in [6.45, 7) is 0.110. The van der Waals surface area contributed by atoms with Crippen LogP contribution in [0.2, 0.25) is 0 Å². The van der Waals surface area contributed by atoms with Crippen molar-refractivity contribution in [2.24, 2.45) is 0 Å². The lowest BCUT2D eigenvalue weighted by atomic mass is 10.2. The molecule has 5 heteroatoms. The van der Waals surface area contributed by atoms with Gasteiger partial charge in [-0.25, -0.2) is 13.1 Å². The number of hydrogen-bond acceptors (Lipinski definition) is 3. The molecule has 13 heavy (non-hydrogen) atoms. The van der Waals surface area contributed by atoms with Gasteiger partial charge < -0.3 is 0 Å². The van der Waals surface area contributed by atoms with Crippen LogP contribution in [-0.2, 0) is 21.4 Å². The van der Waals surface area contributed by atoms with Gasteiger partial charge in [0.05, 0.1) is 0 Å². The van der Waals surface area contributed by atoms with E-state index >= 15 is 0 Å². The summed E-state index contributed by atoms with van der Waals surface area (Å²) in [7, 11) is -3.87. The summed E-state index contributed by atoms with van der Waals surface area (Å²) in [5.74, 6) is 0. The molecule has 0 saturated carbocycles. The molecule has 0 saturated heterocycles. The largest absolute Gasteiger partial charge is 0.344 e. The SMILES string of the molecule is O=[C]S(=O)(=O)NCc1ccccc1. The Morgan fingerprint density at radius 1 is 1.23 bits per heavy atom. The molecule has 1 N–H and O–H groups in total. The molecule has 0 aliphatic rings. The molecule has 69 valence electrons. The van der Waals surface area contributed by atoms with Crippen molar-refractivity contribution < 1.29 is 13.2 Å². The van der Waals surface area contributed by atoms with E-state index in [2.05, 4.69) is 4.72 Å². The molecule has 0 aromatic heterocycles. The lowest BCUT2D eigenvalue weighted by Crippen LogP contribution is -2.23. The highest BCUT2D eigenvalue weighted by atomic mass is 32.2. The van der Waals surface area contributed by atoms with Gasteiger partial charge in [0.15, 0.2) is 0 Å². The minimum absolute atomic E-state index is 0.110. The lowest BCUT2D eigenvalue weighted by molar-refractivity contribution is 0.551. The second kappa shape index (κ2) is 4.15. The van der Waals surface area contributed by atoms with Crippen molar-refractivity contribution in [1.29, 1.82) is 0 Å². The third-order valence-corrected chi connectivity index (χ3v) is 2.16. The van der Waals surface area contributed by atoms with Crippen LogP contribution in [0.15, 0.2) is 30.3 Å². The van der Waals surface area contributed by atoms with Crippen LogP contribution in [0, 0.1) is 0 Å². The van der Waals surface area contributed by atoms with Gasteiger partial charge in [-0.1, -0.05) is 30.3 Å². The van der Waals surface area contributed by atoms with Gasteiger partial charge >= 0.3 is 5.62 Å². The second-order valence-corrected chi connectivity index (χ2v) is 3.86. The van der Waals surface area contributed by atoms with Crippen LogP contribution in [0.3, 0.4) is 0 Å². The van der Waals surface area contributed by atoms with Gasteiger partial charge in [0.1, 0.15) is 0 Å². The van der Waals surface area contributed by atoms with Gasteiger partial charge in [0, 0.05) is 6.54 Å². The number of hydrogen-bond donors (Lipinski definition) is 1. The van der Waals surface area contributed by atoms with Crippen LogP contribution in [-0.4, -0.2) is 14.0 Å². The summed E-state index contributed by atoms with van der Waals surface area (Å²) >= 11 is 0. The number of sulfonamides is 1. The molecular weight excluding hydrogens is 190 g/mol. The summed E-state index contributed by atoms with van der Waals surface area (Å²) in [5.41, 5.74) is 1.72. The maximum atomic E-state index is 10.6. The number of carbonyl (C=O) groups excluding carboxylic acids is 1. The van der Waals surface area contributed by atoms with E-state index in [1.54, 1.807) is 24.3 Å². The van der Waals surface area contributed by atoms with E-state index in [1.165, 1.54) is 0 Å². The van der Waals surface area contributed by atoms with Crippen molar-refractivity contribution in [3.63, 3.8) is 0 Å². The number of nitrogens with one attached hydrogen (secondary N) is 1. The molecule has 4 nitrogen and oxygen atoms in total. The molecule has 1 rings (SSSR count). The Labute approximate surface area is 76.6 Å². The highest BCUT2D eigenvalue weighted by Crippen LogP contribution is 1.97. The molecule has 1 aromatic carbocycles. The molecule has 1 radical (unpaired) electrons. The van der Waals surface area contributed by atoms with E-state index in [1.807, 2.05) is 6.07 Å². The summed E-state index contributed by atoms with van der Waals surface area (Å²) in [6, 6.07) is 8.91. The van der Waals surface area contributed by atoms with E-state index < -0.39 is 10.0 Å². The van der Waals surface area contributed by atoms with E-state index in [4.69, 9.17) is 0 Å². The monoisotopic (exact) mass is 198 g/mol. The highest BCUT2D eigenvalue weighted by Gasteiger charge is 2.07. The smallest absolute Gasteiger partial charge is 0.270 e. The van der Waals surface area contributed by atoms with Gasteiger partial charge in [0.25, 0.3) is 10.0 Å². The molecule has 0 bridgehead atoms. The minimum atomic E-state index is -3.87. The van der Waals surface area contributed by atoms with Gasteiger partial charge in [-0.2, -0.15) is 0 Å². The van der Waals surface area contributed by atoms with E-state index in [0.717, 1.165) is 11.2 Å². The Morgan fingerprint density at radius 2 is 1.85 bits per heavy atom. The van der Waals surface area contributed by atoms with Crippen molar-refractivity contribution in [2.45, 2.75) is 6.54 Å². The van der Waals surface area contributed by atoms with Gasteiger partial charge in [-0.3, -0.25) is 4.79 Å². The van der Waals surface area contributed by atoms with Crippen LogP contribution in [0.1, 0.15) is 5.56 Å². The van der Waals surface area contributed by atoms with Gasteiger partial charge in [0.2, 0.25) is 0 Å². The quantitative estimate of drug-likeness (QED) is 0.750. The van der Waals surface area contributed by atoms with Crippen LogP contribution in [0.5, 0.6) is 0 Å². The summed E-state index contributed by atoms with van der Waals surface area (Å²) in [5, 5.41) is 0. The van der Waals surface area contributed by atoms with E-state index in [0.29, 0.717) is 0 Å². The Balaban J connectivity index is 2.59. The fourth-order valence-corrected chi connectivity index (χ4v) is 1.22. The molecule has 0 heterocycles. The molecule has 1 aromatic rings. The van der Waals surface area contributed by atoms with Crippen molar-refractivity contribution in [3.05, 3.63) is 35.9 Å². The Bertz CT molecular complexity index is 372. The van der Waals surface area contributed by atoms with Crippen molar-refractivity contribution in [3.8, 4) is 0 Å². The van der Waals surface area contributed by atoms with Crippen LogP contribution >= 0.6 is 0 Å². The Kier molecular flexibility index (Phi) is 3.16. The third kappa shape index (κ3) is 3.35. The minimum Gasteiger partial charge on any atom is -0.270 e. The average Bonchev–Trinajstić information content (AvgIpc) is 2.17. The number of benzene rings is 1. The third-order valence-electron chi connectivity index (χ3n) is 1.42. The molecule has 0 unspecified atom stereocenters. The second-order valence-electron chi connectivity index (χ2n) is 2.39. The zero-order valence-corrected chi connectivity index (χ0v) is 7.54. The summed E-state index contributed by atoms with van der Waals surface area (Å²) in [4.78, 5) is 9.87. The predicted octanol–water partition coefficient (Wildman–Crippen LogP) is 0.173. The fraction of sp³-hybridized carbons (Fsp3) is 0.125. The lowest BCUT2D eigenvalue weighted by Gasteiger charge is -1.99. The maximum Gasteiger partial charge on any atom is 0.344 e. The molecule has 0 fully saturated rings. The van der Waals surface area contributed by atoms with Crippen LogP contribution in [0.25, 0.3) is 0 Å². The standard InChI is InChI=1S/C8H8NO3S/c10-7-13(11,12)9-6-8-4-2-1-3-5-8/h1-5,9H,6H2. The maximum absolute atomic E-state index is 10.6. The van der Waals surface area contributed by atoms with Crippen molar-refractivity contribution in [1.82, 2.24) is 4.72 Å². The molecule has 0 aliphatic carbocycles. The highest BCUT2D eigenvalue weighted by molar-refractivity contribution is 8.02. The normalized spacial score (nSPS) is 11.1. The average molecular weight is 198 g/mol. The van der Waals surface area contributed by atoms with Crippen molar-refractivity contribution >= 4 is 15.6 Å². The van der Waals surface area contributed by atoms with E-state index in [-0.39, 0.29) is 6.54 Å². The first-order chi connectivity index (χ1) is 6.14. The zero-order chi connectivity index (χ0) is 9.73. The summed E-state index contributed by atoms with van der Waals surface area (Å²) in [6.07, 6.45) is 0. The van der Waals surface area contributed by atoms with E-state index in [9.17, 15) is 13.2 Å². The summed E-state index contributed by atoms with van der Waals surface area (Å²) < 4.78 is 23.3. The first-order valence-corrected chi connectivity index (χ1v) is 5.05. The molecule has 0 amide bonds. The molecule has 0 atom stereocenters. The first-order valence-electron chi connectivity index (χ1n) is 3.56. The molecular formula is C8H8NO3S. The Morgan fingerprint density at radius 3 is 2.38 bits per heavy atom.